The molecule has 64 heavy (non-hydrogen) atoms. The highest BCUT2D eigenvalue weighted by atomic mass is 32.1. The van der Waals surface area contributed by atoms with Crippen molar-refractivity contribution in [3.8, 4) is 22.6 Å². The third-order valence-electron chi connectivity index (χ3n) is 13.3. The lowest BCUT2D eigenvalue weighted by atomic mass is 9.91. The van der Waals surface area contributed by atoms with E-state index >= 15 is 0 Å². The fourth-order valence-corrected chi connectivity index (χ4v) is 11.3. The Morgan fingerprint density at radius 2 is 1.08 bits per heavy atom. The van der Waals surface area contributed by atoms with Gasteiger partial charge in [0.2, 0.25) is 0 Å². The standard InChI is InChI=1S/C60H39N3S/c1-37(27-29-44-38(2)43-19-6-7-20-45(43)47-22-9-8-21-46(44)47)39-15-14-16-40(33-39)41-28-32-56-52(34-41)53-35-58(61-36-57(53)64-56)63-55-26-13-11-24-49(55)51-31-30-50-48-23-10-12-25-54(48)62(59(50)60(51)63)42-17-4-3-5-18-42/h3-36H,1H2,2H3/b29-27-. The minimum Gasteiger partial charge on any atom is -0.307 e. The third-order valence-corrected chi connectivity index (χ3v) is 14.4. The maximum Gasteiger partial charge on any atom is 0.138 e. The predicted molar refractivity (Wildman–Crippen MR) is 275 cm³/mol. The highest BCUT2D eigenvalue weighted by molar-refractivity contribution is 7.25. The normalized spacial score (nSPS) is 12.1. The average molecular weight is 834 g/mol. The molecule has 0 spiro atoms. The Hall–Kier alpha value is -8.05. The van der Waals surface area contributed by atoms with E-state index in [2.05, 4.69) is 229 Å². The highest BCUT2D eigenvalue weighted by Gasteiger charge is 2.22. The summed E-state index contributed by atoms with van der Waals surface area (Å²) >= 11 is 1.80. The number of thiophene rings is 1. The third kappa shape index (κ3) is 5.49. The molecule has 4 heterocycles. The summed E-state index contributed by atoms with van der Waals surface area (Å²) < 4.78 is 7.23. The van der Waals surface area contributed by atoms with E-state index in [-0.39, 0.29) is 0 Å². The van der Waals surface area contributed by atoms with Crippen molar-refractivity contribution in [2.75, 3.05) is 0 Å². The highest BCUT2D eigenvalue weighted by Crippen LogP contribution is 2.43. The van der Waals surface area contributed by atoms with Crippen molar-refractivity contribution in [1.82, 2.24) is 14.1 Å². The van der Waals surface area contributed by atoms with E-state index < -0.39 is 0 Å². The summed E-state index contributed by atoms with van der Waals surface area (Å²) in [5.74, 6) is 0.903. The molecule has 0 bridgehead atoms. The van der Waals surface area contributed by atoms with Gasteiger partial charge in [0.15, 0.2) is 0 Å². The monoisotopic (exact) mass is 833 g/mol. The van der Waals surface area contributed by atoms with Crippen molar-refractivity contribution >= 4 is 108 Å². The van der Waals surface area contributed by atoms with Gasteiger partial charge >= 0.3 is 0 Å². The predicted octanol–water partition coefficient (Wildman–Crippen LogP) is 16.7. The maximum absolute atomic E-state index is 5.24. The molecule has 13 aromatic rings. The summed E-state index contributed by atoms with van der Waals surface area (Å²) in [6, 6.07) is 68.2. The van der Waals surface area contributed by atoms with Crippen molar-refractivity contribution < 1.29 is 0 Å². The summed E-state index contributed by atoms with van der Waals surface area (Å²) in [6.45, 7) is 6.80. The lowest BCUT2D eigenvalue weighted by Gasteiger charge is -2.13. The van der Waals surface area contributed by atoms with Crippen LogP contribution in [0.2, 0.25) is 0 Å². The molecule has 0 fully saturated rings. The molecule has 9 aromatic carbocycles. The number of hydrogen-bond acceptors (Lipinski definition) is 2. The fraction of sp³-hybridized carbons (Fsp3) is 0.0167. The van der Waals surface area contributed by atoms with Gasteiger partial charge in [0.25, 0.3) is 0 Å². The van der Waals surface area contributed by atoms with E-state index in [9.17, 15) is 0 Å². The van der Waals surface area contributed by atoms with Gasteiger partial charge in [0.1, 0.15) is 5.82 Å². The molecule has 4 aromatic heterocycles. The number of aryl methyl sites for hydroxylation is 1. The van der Waals surface area contributed by atoms with Crippen molar-refractivity contribution in [1.29, 1.82) is 0 Å². The second kappa shape index (κ2) is 14.2. The Kier molecular flexibility index (Phi) is 8.15. The van der Waals surface area contributed by atoms with Crippen molar-refractivity contribution in [3.05, 3.63) is 224 Å². The number of para-hydroxylation sites is 3. The van der Waals surface area contributed by atoms with Gasteiger partial charge in [-0.15, -0.1) is 11.3 Å². The summed E-state index contributed by atoms with van der Waals surface area (Å²) in [6.07, 6.45) is 6.49. The molecule has 300 valence electrons. The first-order valence-corrected chi connectivity index (χ1v) is 22.6. The van der Waals surface area contributed by atoms with Crippen molar-refractivity contribution in [2.45, 2.75) is 6.92 Å². The molecule has 0 atom stereocenters. The average Bonchev–Trinajstić information content (AvgIpc) is 4.01. The molecule has 0 N–H and O–H groups in total. The van der Waals surface area contributed by atoms with Gasteiger partial charge in [0.05, 0.1) is 26.8 Å². The Labute approximate surface area is 373 Å². The van der Waals surface area contributed by atoms with Crippen molar-refractivity contribution in [3.63, 3.8) is 0 Å². The van der Waals surface area contributed by atoms with Crippen LogP contribution in [0.25, 0.3) is 120 Å². The second-order valence-corrected chi connectivity index (χ2v) is 17.9. The fourth-order valence-electron chi connectivity index (χ4n) is 10.3. The van der Waals surface area contributed by atoms with Gasteiger partial charge in [-0.05, 0) is 110 Å². The van der Waals surface area contributed by atoms with E-state index in [1.165, 1.54) is 91.0 Å². The molecule has 0 unspecified atom stereocenters. The smallest absolute Gasteiger partial charge is 0.138 e. The number of rotatable bonds is 6. The molecular formula is C60H39N3S. The molecule has 0 saturated heterocycles. The number of fused-ring (bicyclic) bond motifs is 13. The van der Waals surface area contributed by atoms with E-state index in [1.54, 1.807) is 11.3 Å². The van der Waals surface area contributed by atoms with Gasteiger partial charge < -0.3 is 4.57 Å². The van der Waals surface area contributed by atoms with Crippen LogP contribution in [0.4, 0.5) is 0 Å². The van der Waals surface area contributed by atoms with E-state index in [0.29, 0.717) is 0 Å². The molecule has 0 aliphatic heterocycles. The Balaban J connectivity index is 0.937. The molecule has 0 saturated carbocycles. The van der Waals surface area contributed by atoms with Crippen LogP contribution in [0, 0.1) is 6.92 Å². The zero-order chi connectivity index (χ0) is 42.5. The van der Waals surface area contributed by atoms with Crippen LogP contribution in [-0.2, 0) is 0 Å². The van der Waals surface area contributed by atoms with Crippen molar-refractivity contribution in [2.24, 2.45) is 0 Å². The largest absolute Gasteiger partial charge is 0.307 e. The van der Waals surface area contributed by atoms with Crippen LogP contribution in [-0.4, -0.2) is 14.1 Å². The quantitative estimate of drug-likeness (QED) is 0.121. The lowest BCUT2D eigenvalue weighted by Crippen LogP contribution is -2.00. The SMILES string of the molecule is C=C(/C=C\c1c(C)c2ccccc2c2ccccc12)c1cccc(-c2ccc3sc4cnc(-n5c6ccccc6c6ccc7c8ccccc8n(-c8ccccc8)c7c65)cc4c3c2)c1. The molecular weight excluding hydrogens is 795 g/mol. The summed E-state index contributed by atoms with van der Waals surface area (Å²) in [4.78, 5) is 5.24. The van der Waals surface area contributed by atoms with Gasteiger partial charge in [-0.25, -0.2) is 4.98 Å². The minimum absolute atomic E-state index is 0.903. The van der Waals surface area contributed by atoms with Gasteiger partial charge in [-0.3, -0.25) is 4.57 Å². The topological polar surface area (TPSA) is 22.8 Å². The number of allylic oxidation sites excluding steroid dienone is 2. The first-order valence-electron chi connectivity index (χ1n) is 21.8. The number of hydrogen-bond donors (Lipinski definition) is 0. The van der Waals surface area contributed by atoms with E-state index in [4.69, 9.17) is 4.98 Å². The van der Waals surface area contributed by atoms with Crippen LogP contribution < -0.4 is 0 Å². The minimum atomic E-state index is 0.903. The second-order valence-electron chi connectivity index (χ2n) is 16.8. The molecule has 0 aliphatic carbocycles. The number of benzene rings is 9. The Bertz CT molecular complexity index is 4100. The van der Waals surface area contributed by atoms with Crippen LogP contribution in [0.1, 0.15) is 16.7 Å². The lowest BCUT2D eigenvalue weighted by molar-refractivity contribution is 1.09. The zero-order valence-electron chi connectivity index (χ0n) is 35.1. The molecule has 0 radical (unpaired) electrons. The van der Waals surface area contributed by atoms with E-state index in [1.807, 2.05) is 0 Å². The molecule has 0 aliphatic rings. The molecule has 4 heteroatoms. The van der Waals surface area contributed by atoms with Crippen LogP contribution in [0.5, 0.6) is 0 Å². The molecule has 13 rings (SSSR count). The number of nitrogens with zero attached hydrogens (tertiary/aromatic N) is 3. The molecule has 3 nitrogen and oxygen atoms in total. The van der Waals surface area contributed by atoms with Gasteiger partial charge in [-0.1, -0.05) is 158 Å². The first-order chi connectivity index (χ1) is 31.6. The van der Waals surface area contributed by atoms with Crippen LogP contribution >= 0.6 is 11.3 Å². The Morgan fingerprint density at radius 3 is 1.83 bits per heavy atom. The first kappa shape index (κ1) is 36.6. The summed E-state index contributed by atoms with van der Waals surface area (Å²) in [5.41, 5.74) is 12.7. The Morgan fingerprint density at radius 1 is 0.484 bits per heavy atom. The summed E-state index contributed by atoms with van der Waals surface area (Å²) in [5, 5.41) is 12.4. The number of aromatic nitrogens is 3. The van der Waals surface area contributed by atoms with Crippen LogP contribution in [0.15, 0.2) is 207 Å². The van der Waals surface area contributed by atoms with E-state index in [0.717, 1.165) is 39.2 Å². The molecule has 0 amide bonds. The summed E-state index contributed by atoms with van der Waals surface area (Å²) in [7, 11) is 0. The number of pyridine rings is 1. The zero-order valence-corrected chi connectivity index (χ0v) is 35.9. The maximum atomic E-state index is 5.24. The van der Waals surface area contributed by atoms with Gasteiger partial charge in [0, 0.05) is 48.9 Å². The van der Waals surface area contributed by atoms with Gasteiger partial charge in [-0.2, -0.15) is 0 Å². The van der Waals surface area contributed by atoms with Crippen LogP contribution in [0.3, 0.4) is 0 Å².